The molecule has 2 rings (SSSR count). The second kappa shape index (κ2) is 5.38. The number of nitro benzene ring substituents is 1. The van der Waals surface area contributed by atoms with E-state index in [-0.39, 0.29) is 22.8 Å². The van der Waals surface area contributed by atoms with Gasteiger partial charge in [-0.2, -0.15) is 0 Å². The van der Waals surface area contributed by atoms with Gasteiger partial charge in [0.25, 0.3) is 5.69 Å². The van der Waals surface area contributed by atoms with Gasteiger partial charge in [-0.05, 0) is 36.7 Å². The van der Waals surface area contributed by atoms with Crippen LogP contribution in [0.4, 0.5) is 15.8 Å². The van der Waals surface area contributed by atoms with Gasteiger partial charge in [-0.15, -0.1) is 0 Å². The monoisotopic (exact) mass is 280 g/mol. The summed E-state index contributed by atoms with van der Waals surface area (Å²) in [6.07, 6.45) is 3.06. The van der Waals surface area contributed by atoms with E-state index in [1.165, 1.54) is 12.1 Å². The molecule has 1 aromatic carbocycles. The summed E-state index contributed by atoms with van der Waals surface area (Å²) in [7, 11) is 0. The molecule has 1 fully saturated rings. The molecule has 0 radical (unpaired) electrons. The molecule has 1 saturated carbocycles. The van der Waals surface area contributed by atoms with Crippen molar-refractivity contribution in [3.8, 4) is 0 Å². The average Bonchev–Trinajstić information content (AvgIpc) is 2.28. The molecular weight excluding hydrogens is 259 g/mol. The third kappa shape index (κ3) is 3.46. The molecule has 110 valence electrons. The van der Waals surface area contributed by atoms with Gasteiger partial charge in [0.1, 0.15) is 5.82 Å². The highest BCUT2D eigenvalue weighted by Crippen LogP contribution is 2.39. The number of non-ortho nitro benzene ring substituents is 1. The summed E-state index contributed by atoms with van der Waals surface area (Å²) in [6.45, 7) is 6.61. The molecule has 2 atom stereocenters. The Balaban J connectivity index is 2.17. The lowest BCUT2D eigenvalue weighted by Gasteiger charge is -2.39. The number of rotatable bonds is 3. The van der Waals surface area contributed by atoms with Crippen molar-refractivity contribution >= 4 is 11.4 Å². The maximum atomic E-state index is 13.8. The fraction of sp³-hybridized carbons (Fsp3) is 0.600. The third-order valence-electron chi connectivity index (χ3n) is 3.91. The highest BCUT2D eigenvalue weighted by molar-refractivity contribution is 5.52. The minimum atomic E-state index is -0.502. The van der Waals surface area contributed by atoms with Crippen LogP contribution in [0.15, 0.2) is 18.2 Å². The van der Waals surface area contributed by atoms with Crippen LogP contribution < -0.4 is 5.32 Å². The number of hydrogen-bond donors (Lipinski definition) is 1. The number of nitrogens with one attached hydrogen (secondary N) is 1. The van der Waals surface area contributed by atoms with Crippen molar-refractivity contribution in [2.75, 3.05) is 5.32 Å². The second-order valence-electron chi connectivity index (χ2n) is 6.68. The Kier molecular flexibility index (Phi) is 3.97. The predicted molar refractivity (Wildman–Crippen MR) is 77.3 cm³/mol. The van der Waals surface area contributed by atoms with Crippen LogP contribution in [0, 0.1) is 27.3 Å². The molecule has 5 heteroatoms. The highest BCUT2D eigenvalue weighted by Gasteiger charge is 2.32. The molecule has 1 aromatic rings. The van der Waals surface area contributed by atoms with Gasteiger partial charge < -0.3 is 5.32 Å². The van der Waals surface area contributed by atoms with Gasteiger partial charge in [-0.1, -0.05) is 20.8 Å². The molecule has 0 aromatic heterocycles. The molecule has 0 bridgehead atoms. The third-order valence-corrected chi connectivity index (χ3v) is 3.91. The second-order valence-corrected chi connectivity index (χ2v) is 6.68. The van der Waals surface area contributed by atoms with E-state index in [9.17, 15) is 14.5 Å². The van der Waals surface area contributed by atoms with Crippen LogP contribution in [0.1, 0.15) is 40.0 Å². The van der Waals surface area contributed by atoms with Crippen molar-refractivity contribution in [3.63, 3.8) is 0 Å². The molecule has 0 spiro atoms. The van der Waals surface area contributed by atoms with Crippen molar-refractivity contribution in [3.05, 3.63) is 34.1 Å². The molecule has 2 unspecified atom stereocenters. The van der Waals surface area contributed by atoms with Crippen LogP contribution in [0.5, 0.6) is 0 Å². The summed E-state index contributed by atoms with van der Waals surface area (Å²) >= 11 is 0. The normalized spacial score (nSPS) is 25.2. The lowest BCUT2D eigenvalue weighted by molar-refractivity contribution is -0.384. The van der Waals surface area contributed by atoms with E-state index in [0.29, 0.717) is 5.92 Å². The summed E-state index contributed by atoms with van der Waals surface area (Å²) in [5.74, 6) is 0.129. The van der Waals surface area contributed by atoms with Gasteiger partial charge in [0.05, 0.1) is 10.6 Å². The van der Waals surface area contributed by atoms with E-state index >= 15 is 0 Å². The minimum Gasteiger partial charge on any atom is -0.380 e. The summed E-state index contributed by atoms with van der Waals surface area (Å²) in [4.78, 5) is 10.3. The van der Waals surface area contributed by atoms with Crippen LogP contribution in [-0.2, 0) is 0 Å². The predicted octanol–water partition coefficient (Wildman–Crippen LogP) is 4.36. The first-order chi connectivity index (χ1) is 9.27. The van der Waals surface area contributed by atoms with Gasteiger partial charge in [0.15, 0.2) is 0 Å². The zero-order chi connectivity index (χ0) is 14.9. The Morgan fingerprint density at radius 1 is 1.40 bits per heavy atom. The standard InChI is InChI=1S/C15H21FN2O2/c1-10-6-11(9-15(2,3)8-10)17-14-7-12(18(19)20)4-5-13(14)16/h4-5,7,10-11,17H,6,8-9H2,1-3H3. The van der Waals surface area contributed by atoms with Crippen molar-refractivity contribution in [2.45, 2.75) is 46.1 Å². The molecule has 4 nitrogen and oxygen atoms in total. The first-order valence-corrected chi connectivity index (χ1v) is 6.97. The summed E-state index contributed by atoms with van der Waals surface area (Å²) in [5.41, 5.74) is 0.359. The van der Waals surface area contributed by atoms with E-state index in [0.717, 1.165) is 25.3 Å². The minimum absolute atomic E-state index is 0.0861. The average molecular weight is 280 g/mol. The zero-order valence-electron chi connectivity index (χ0n) is 12.1. The van der Waals surface area contributed by atoms with Gasteiger partial charge >= 0.3 is 0 Å². The Hall–Kier alpha value is -1.65. The molecule has 1 N–H and O–H groups in total. The van der Waals surface area contributed by atoms with E-state index in [1.807, 2.05) is 0 Å². The Bertz CT molecular complexity index is 517. The van der Waals surface area contributed by atoms with Crippen LogP contribution in [-0.4, -0.2) is 11.0 Å². The molecular formula is C15H21FN2O2. The molecule has 20 heavy (non-hydrogen) atoms. The summed E-state index contributed by atoms with van der Waals surface area (Å²) < 4.78 is 13.8. The number of halogens is 1. The summed E-state index contributed by atoms with van der Waals surface area (Å²) in [5, 5.41) is 13.9. The molecule has 0 heterocycles. The maximum Gasteiger partial charge on any atom is 0.271 e. The number of nitro groups is 1. The fourth-order valence-electron chi connectivity index (χ4n) is 3.41. The Morgan fingerprint density at radius 2 is 2.10 bits per heavy atom. The van der Waals surface area contributed by atoms with Gasteiger partial charge in [0.2, 0.25) is 0 Å². The lowest BCUT2D eigenvalue weighted by atomic mass is 9.70. The van der Waals surface area contributed by atoms with E-state index in [2.05, 4.69) is 26.1 Å². The Morgan fingerprint density at radius 3 is 2.70 bits per heavy atom. The van der Waals surface area contributed by atoms with Gasteiger partial charge in [-0.3, -0.25) is 10.1 Å². The first kappa shape index (κ1) is 14.8. The van der Waals surface area contributed by atoms with Crippen molar-refractivity contribution in [1.82, 2.24) is 0 Å². The maximum absolute atomic E-state index is 13.8. The fourth-order valence-corrected chi connectivity index (χ4v) is 3.41. The van der Waals surface area contributed by atoms with Crippen molar-refractivity contribution in [1.29, 1.82) is 0 Å². The molecule has 0 saturated heterocycles. The Labute approximate surface area is 118 Å². The topological polar surface area (TPSA) is 55.2 Å². The highest BCUT2D eigenvalue weighted by atomic mass is 19.1. The first-order valence-electron chi connectivity index (χ1n) is 6.97. The van der Waals surface area contributed by atoms with Crippen molar-refractivity contribution in [2.24, 2.45) is 11.3 Å². The SMILES string of the molecule is CC1CC(Nc2cc([N+](=O)[O-])ccc2F)CC(C)(C)C1. The van der Waals surface area contributed by atoms with E-state index in [4.69, 9.17) is 0 Å². The van der Waals surface area contributed by atoms with E-state index < -0.39 is 10.7 Å². The van der Waals surface area contributed by atoms with Crippen LogP contribution in [0.25, 0.3) is 0 Å². The number of benzene rings is 1. The lowest BCUT2D eigenvalue weighted by Crippen LogP contribution is -2.35. The molecule has 0 aliphatic heterocycles. The van der Waals surface area contributed by atoms with Crippen LogP contribution in [0.2, 0.25) is 0 Å². The molecule has 1 aliphatic carbocycles. The van der Waals surface area contributed by atoms with E-state index in [1.54, 1.807) is 0 Å². The van der Waals surface area contributed by atoms with Crippen LogP contribution in [0.3, 0.4) is 0 Å². The van der Waals surface area contributed by atoms with Gasteiger partial charge in [-0.25, -0.2) is 4.39 Å². The zero-order valence-corrected chi connectivity index (χ0v) is 12.1. The number of hydrogen-bond acceptors (Lipinski definition) is 3. The van der Waals surface area contributed by atoms with Crippen molar-refractivity contribution < 1.29 is 9.31 Å². The largest absolute Gasteiger partial charge is 0.380 e. The quantitative estimate of drug-likeness (QED) is 0.661. The molecule has 0 amide bonds. The number of anilines is 1. The summed E-state index contributed by atoms with van der Waals surface area (Å²) in [6, 6.07) is 3.78. The molecule has 1 aliphatic rings. The number of nitrogens with zero attached hydrogens (tertiary/aromatic N) is 1. The smallest absolute Gasteiger partial charge is 0.271 e. The van der Waals surface area contributed by atoms with Crippen LogP contribution >= 0.6 is 0 Å². The van der Waals surface area contributed by atoms with Gasteiger partial charge in [0, 0.05) is 18.2 Å².